The average Bonchev–Trinajstić information content (AvgIpc) is 2.55. The summed E-state index contributed by atoms with van der Waals surface area (Å²) >= 11 is 0. The van der Waals surface area contributed by atoms with E-state index in [0.717, 1.165) is 0 Å². The normalized spacial score (nSPS) is 17.2. The van der Waals surface area contributed by atoms with Crippen molar-refractivity contribution in [2.75, 3.05) is 39.7 Å². The number of benzene rings is 1. The molecule has 1 aliphatic rings. The molecule has 2 amide bonds. The molecule has 1 fully saturated rings. The number of piperazine rings is 1. The predicted molar refractivity (Wildman–Crippen MR) is 84.1 cm³/mol. The first-order valence-corrected chi connectivity index (χ1v) is 7.20. The number of ether oxygens (including phenoxy) is 3. The fourth-order valence-corrected chi connectivity index (χ4v) is 2.36. The van der Waals surface area contributed by atoms with E-state index in [1.165, 1.54) is 21.3 Å². The summed E-state index contributed by atoms with van der Waals surface area (Å²) in [5, 5.41) is 8.46. The number of hydrogen-bond donors (Lipinski definition) is 3. The van der Waals surface area contributed by atoms with Gasteiger partial charge in [0.05, 0.1) is 33.8 Å². The van der Waals surface area contributed by atoms with Gasteiger partial charge in [-0.2, -0.15) is 0 Å². The molecule has 8 heteroatoms. The van der Waals surface area contributed by atoms with Crippen molar-refractivity contribution in [3.8, 4) is 17.2 Å². The number of carbonyl (C=O) groups excluding carboxylic acids is 2. The highest BCUT2D eigenvalue weighted by molar-refractivity contribution is 5.96. The lowest BCUT2D eigenvalue weighted by Crippen LogP contribution is -2.53. The molecule has 2 rings (SSSR count). The van der Waals surface area contributed by atoms with Crippen molar-refractivity contribution in [1.29, 1.82) is 0 Å². The van der Waals surface area contributed by atoms with Gasteiger partial charge in [-0.25, -0.2) is 0 Å². The fraction of sp³-hybridized carbons (Fsp3) is 0.467. The van der Waals surface area contributed by atoms with Crippen molar-refractivity contribution >= 4 is 17.5 Å². The van der Waals surface area contributed by atoms with Crippen LogP contribution in [0.3, 0.4) is 0 Å². The van der Waals surface area contributed by atoms with Gasteiger partial charge in [0.1, 0.15) is 0 Å². The largest absolute Gasteiger partial charge is 0.493 e. The van der Waals surface area contributed by atoms with Crippen LogP contribution in [0.25, 0.3) is 0 Å². The summed E-state index contributed by atoms with van der Waals surface area (Å²) in [4.78, 5) is 23.8. The zero-order valence-corrected chi connectivity index (χ0v) is 13.4. The summed E-state index contributed by atoms with van der Waals surface area (Å²) in [6, 6.07) is 2.74. The Balaban J connectivity index is 2.09. The van der Waals surface area contributed by atoms with Gasteiger partial charge in [0.2, 0.25) is 17.6 Å². The standard InChI is InChI=1S/C15H21N3O5/c1-21-11-6-9(7-12(22-2)14(11)23-3)18-13(19)8-10-15(20)17-5-4-16-10/h6-7,10,16H,4-5,8H2,1-3H3,(H,17,20)(H,18,19)/t10-/m0/s1. The zero-order chi connectivity index (χ0) is 16.8. The van der Waals surface area contributed by atoms with Crippen LogP contribution in [0, 0.1) is 0 Å². The lowest BCUT2D eigenvalue weighted by atomic mass is 10.1. The highest BCUT2D eigenvalue weighted by Crippen LogP contribution is 2.39. The van der Waals surface area contributed by atoms with Gasteiger partial charge in [0.15, 0.2) is 11.5 Å². The van der Waals surface area contributed by atoms with E-state index < -0.39 is 6.04 Å². The summed E-state index contributed by atoms with van der Waals surface area (Å²) in [7, 11) is 4.50. The Morgan fingerprint density at radius 2 is 1.83 bits per heavy atom. The van der Waals surface area contributed by atoms with Crippen LogP contribution in [-0.2, 0) is 9.59 Å². The second-order valence-corrected chi connectivity index (χ2v) is 4.96. The number of anilines is 1. The summed E-state index contributed by atoms with van der Waals surface area (Å²) in [5.74, 6) is 0.873. The van der Waals surface area contributed by atoms with Crippen LogP contribution < -0.4 is 30.2 Å². The Hall–Kier alpha value is -2.48. The maximum atomic E-state index is 12.1. The minimum atomic E-state index is -0.522. The van der Waals surface area contributed by atoms with Gasteiger partial charge in [0, 0.05) is 30.9 Å². The summed E-state index contributed by atoms with van der Waals surface area (Å²) in [6.45, 7) is 1.22. The third-order valence-electron chi connectivity index (χ3n) is 3.47. The van der Waals surface area contributed by atoms with E-state index in [9.17, 15) is 9.59 Å². The lowest BCUT2D eigenvalue weighted by Gasteiger charge is -2.23. The molecule has 0 aromatic heterocycles. The first-order valence-electron chi connectivity index (χ1n) is 7.20. The molecule has 0 bridgehead atoms. The van der Waals surface area contributed by atoms with Crippen LogP contribution in [0.4, 0.5) is 5.69 Å². The fourth-order valence-electron chi connectivity index (χ4n) is 2.36. The molecule has 0 aliphatic carbocycles. The first kappa shape index (κ1) is 16.9. The Bertz CT molecular complexity index is 565. The Morgan fingerprint density at radius 3 is 2.35 bits per heavy atom. The zero-order valence-electron chi connectivity index (χ0n) is 13.4. The molecule has 1 aromatic carbocycles. The minimum Gasteiger partial charge on any atom is -0.493 e. The third kappa shape index (κ3) is 4.04. The minimum absolute atomic E-state index is 0.0441. The Labute approximate surface area is 134 Å². The van der Waals surface area contributed by atoms with Gasteiger partial charge < -0.3 is 30.2 Å². The maximum absolute atomic E-state index is 12.1. The van der Waals surface area contributed by atoms with Gasteiger partial charge in [0.25, 0.3) is 0 Å². The van der Waals surface area contributed by atoms with E-state index in [-0.39, 0.29) is 18.2 Å². The third-order valence-corrected chi connectivity index (χ3v) is 3.47. The van der Waals surface area contributed by atoms with Crippen molar-refractivity contribution < 1.29 is 23.8 Å². The molecule has 1 saturated heterocycles. The Kier molecular flexibility index (Phi) is 5.64. The smallest absolute Gasteiger partial charge is 0.237 e. The first-order chi connectivity index (χ1) is 11.1. The van der Waals surface area contributed by atoms with Crippen LogP contribution in [0.2, 0.25) is 0 Å². The van der Waals surface area contributed by atoms with Crippen molar-refractivity contribution in [3.63, 3.8) is 0 Å². The molecule has 0 unspecified atom stereocenters. The highest BCUT2D eigenvalue weighted by atomic mass is 16.5. The quantitative estimate of drug-likeness (QED) is 0.688. The van der Waals surface area contributed by atoms with Crippen molar-refractivity contribution in [2.24, 2.45) is 0 Å². The highest BCUT2D eigenvalue weighted by Gasteiger charge is 2.24. The number of hydrogen-bond acceptors (Lipinski definition) is 6. The molecule has 23 heavy (non-hydrogen) atoms. The van der Waals surface area contributed by atoms with E-state index in [1.54, 1.807) is 12.1 Å². The van der Waals surface area contributed by atoms with E-state index in [4.69, 9.17) is 14.2 Å². The van der Waals surface area contributed by atoms with E-state index in [2.05, 4.69) is 16.0 Å². The van der Waals surface area contributed by atoms with Gasteiger partial charge in [-0.1, -0.05) is 0 Å². The molecule has 1 aromatic rings. The second-order valence-electron chi connectivity index (χ2n) is 4.96. The molecule has 1 aliphatic heterocycles. The lowest BCUT2D eigenvalue weighted by molar-refractivity contribution is -0.127. The van der Waals surface area contributed by atoms with Crippen LogP contribution >= 0.6 is 0 Å². The molecular weight excluding hydrogens is 302 g/mol. The number of rotatable bonds is 6. The van der Waals surface area contributed by atoms with E-state index in [0.29, 0.717) is 36.0 Å². The van der Waals surface area contributed by atoms with Gasteiger partial charge in [-0.15, -0.1) is 0 Å². The Morgan fingerprint density at radius 1 is 1.17 bits per heavy atom. The van der Waals surface area contributed by atoms with Crippen LogP contribution in [-0.4, -0.2) is 52.3 Å². The molecule has 0 spiro atoms. The molecular formula is C15H21N3O5. The van der Waals surface area contributed by atoms with Crippen molar-refractivity contribution in [1.82, 2.24) is 10.6 Å². The second kappa shape index (κ2) is 7.68. The average molecular weight is 323 g/mol. The van der Waals surface area contributed by atoms with Gasteiger partial charge in [-0.3, -0.25) is 9.59 Å². The summed E-state index contributed by atoms with van der Waals surface area (Å²) < 4.78 is 15.7. The van der Waals surface area contributed by atoms with E-state index >= 15 is 0 Å². The summed E-state index contributed by atoms with van der Waals surface area (Å²) in [6.07, 6.45) is 0.0441. The van der Waals surface area contributed by atoms with Crippen LogP contribution in [0.1, 0.15) is 6.42 Å². The molecule has 8 nitrogen and oxygen atoms in total. The number of nitrogens with one attached hydrogen (secondary N) is 3. The molecule has 1 heterocycles. The molecule has 126 valence electrons. The van der Waals surface area contributed by atoms with E-state index in [1.807, 2.05) is 0 Å². The SMILES string of the molecule is COc1cc(NC(=O)C[C@@H]2NCCNC2=O)cc(OC)c1OC. The van der Waals surface area contributed by atoms with Gasteiger partial charge >= 0.3 is 0 Å². The molecule has 0 radical (unpaired) electrons. The monoisotopic (exact) mass is 323 g/mol. The topological polar surface area (TPSA) is 97.9 Å². The number of methoxy groups -OCH3 is 3. The molecule has 1 atom stereocenters. The predicted octanol–water partition coefficient (Wildman–Crippen LogP) is 0.129. The summed E-state index contributed by atoms with van der Waals surface area (Å²) in [5.41, 5.74) is 0.501. The number of amides is 2. The van der Waals surface area contributed by atoms with Crippen LogP contribution in [0.5, 0.6) is 17.2 Å². The van der Waals surface area contributed by atoms with Gasteiger partial charge in [-0.05, 0) is 0 Å². The molecule has 0 saturated carbocycles. The van der Waals surface area contributed by atoms with Crippen molar-refractivity contribution in [2.45, 2.75) is 12.5 Å². The maximum Gasteiger partial charge on any atom is 0.237 e. The molecule has 3 N–H and O–H groups in total. The van der Waals surface area contributed by atoms with Crippen molar-refractivity contribution in [3.05, 3.63) is 12.1 Å². The van der Waals surface area contributed by atoms with Crippen LogP contribution in [0.15, 0.2) is 12.1 Å². The number of carbonyl (C=O) groups is 2.